The van der Waals surface area contributed by atoms with Gasteiger partial charge >= 0.3 is 5.97 Å². The first-order valence-electron chi connectivity index (χ1n) is 9.34. The molecule has 1 unspecified atom stereocenters. The molecule has 3 N–H and O–H groups in total. The molecule has 7 heteroatoms. The molecule has 0 bridgehead atoms. The molecule has 1 atom stereocenters. The molecule has 150 valence electrons. The van der Waals surface area contributed by atoms with Crippen molar-refractivity contribution in [2.45, 2.75) is 25.8 Å². The van der Waals surface area contributed by atoms with Gasteiger partial charge in [0.2, 0.25) is 5.91 Å². The molecular formula is C22H23N3O3S. The number of aromatic nitrogens is 1. The third-order valence-corrected chi connectivity index (χ3v) is 5.19. The number of nitrogens with zero attached hydrogens (tertiary/aromatic N) is 1. The predicted octanol–water partition coefficient (Wildman–Crippen LogP) is 3.73. The summed E-state index contributed by atoms with van der Waals surface area (Å²) in [6.07, 6.45) is 0.530. The first kappa shape index (κ1) is 20.7. The van der Waals surface area contributed by atoms with Gasteiger partial charge in [-0.1, -0.05) is 60.2 Å². The molecule has 1 heterocycles. The molecular weight excluding hydrogens is 386 g/mol. The smallest absolute Gasteiger partial charge is 0.321 e. The molecule has 6 nitrogen and oxygen atoms in total. The number of carbonyl (C=O) groups is 2. The van der Waals surface area contributed by atoms with Crippen molar-refractivity contribution in [3.8, 4) is 11.3 Å². The summed E-state index contributed by atoms with van der Waals surface area (Å²) in [5.74, 6) is -1.43. The first-order valence-corrected chi connectivity index (χ1v) is 10.2. The van der Waals surface area contributed by atoms with Gasteiger partial charge in [0.25, 0.3) is 0 Å². The summed E-state index contributed by atoms with van der Waals surface area (Å²) in [5, 5.41) is 17.4. The van der Waals surface area contributed by atoms with E-state index in [0.717, 1.165) is 22.4 Å². The minimum atomic E-state index is -1.05. The third kappa shape index (κ3) is 6.23. The van der Waals surface area contributed by atoms with Crippen LogP contribution < -0.4 is 10.6 Å². The molecule has 0 aliphatic carbocycles. The quantitative estimate of drug-likeness (QED) is 0.501. The standard InChI is InChI=1S/C22H23N3O3S/c1-15-7-9-17(10-8-15)19-14-29-22(24-19)25-20(26)13-18(21(27)28)23-12-11-16-5-3-2-4-6-16/h2-10,14,18,23H,11-13H2,1H3,(H,27,28)(H,24,25,26). The van der Waals surface area contributed by atoms with Gasteiger partial charge < -0.3 is 15.7 Å². The molecule has 0 aliphatic rings. The summed E-state index contributed by atoms with van der Waals surface area (Å²) in [5.41, 5.74) is 4.02. The Morgan fingerprint density at radius 3 is 2.52 bits per heavy atom. The van der Waals surface area contributed by atoms with E-state index >= 15 is 0 Å². The lowest BCUT2D eigenvalue weighted by molar-refractivity contribution is -0.141. The van der Waals surface area contributed by atoms with Crippen molar-refractivity contribution in [3.63, 3.8) is 0 Å². The van der Waals surface area contributed by atoms with E-state index in [4.69, 9.17) is 0 Å². The van der Waals surface area contributed by atoms with Crippen molar-refractivity contribution in [1.29, 1.82) is 0 Å². The molecule has 0 spiro atoms. The minimum absolute atomic E-state index is 0.163. The van der Waals surface area contributed by atoms with E-state index in [1.54, 1.807) is 0 Å². The molecule has 0 aliphatic heterocycles. The fourth-order valence-electron chi connectivity index (χ4n) is 2.83. The number of thiazole rings is 1. The van der Waals surface area contributed by atoms with Gasteiger partial charge in [0.1, 0.15) is 6.04 Å². The Hall–Kier alpha value is -3.03. The zero-order valence-electron chi connectivity index (χ0n) is 16.1. The van der Waals surface area contributed by atoms with E-state index in [-0.39, 0.29) is 12.3 Å². The Kier molecular flexibility index (Phi) is 7.10. The fourth-order valence-corrected chi connectivity index (χ4v) is 3.56. The summed E-state index contributed by atoms with van der Waals surface area (Å²) in [6, 6.07) is 16.8. The van der Waals surface area contributed by atoms with Crippen molar-refractivity contribution < 1.29 is 14.7 Å². The van der Waals surface area contributed by atoms with Crippen molar-refractivity contribution in [2.75, 3.05) is 11.9 Å². The third-order valence-electron chi connectivity index (χ3n) is 4.43. The Balaban J connectivity index is 1.52. The highest BCUT2D eigenvalue weighted by Gasteiger charge is 2.21. The van der Waals surface area contributed by atoms with E-state index in [0.29, 0.717) is 18.1 Å². The molecule has 1 aromatic heterocycles. The lowest BCUT2D eigenvalue weighted by Crippen LogP contribution is -2.40. The van der Waals surface area contributed by atoms with Crippen LogP contribution in [0.2, 0.25) is 0 Å². The molecule has 3 rings (SSSR count). The second-order valence-electron chi connectivity index (χ2n) is 6.74. The summed E-state index contributed by atoms with van der Waals surface area (Å²) >= 11 is 1.32. The van der Waals surface area contributed by atoms with Crippen LogP contribution >= 0.6 is 11.3 Å². The number of nitrogens with one attached hydrogen (secondary N) is 2. The maximum Gasteiger partial charge on any atom is 0.321 e. The van der Waals surface area contributed by atoms with Gasteiger partial charge in [-0.25, -0.2) is 4.98 Å². The van der Waals surface area contributed by atoms with Crippen LogP contribution in [0.5, 0.6) is 0 Å². The molecule has 29 heavy (non-hydrogen) atoms. The van der Waals surface area contributed by atoms with Gasteiger partial charge in [-0.05, 0) is 25.5 Å². The number of aliphatic carboxylic acids is 1. The Labute approximate surface area is 173 Å². The summed E-state index contributed by atoms with van der Waals surface area (Å²) in [4.78, 5) is 28.2. The van der Waals surface area contributed by atoms with Gasteiger partial charge in [0.05, 0.1) is 12.1 Å². The van der Waals surface area contributed by atoms with Gasteiger partial charge in [-0.15, -0.1) is 11.3 Å². The number of hydrogen-bond acceptors (Lipinski definition) is 5. The van der Waals surface area contributed by atoms with Crippen LogP contribution in [0.4, 0.5) is 5.13 Å². The normalized spacial score (nSPS) is 11.8. The molecule has 1 amide bonds. The highest BCUT2D eigenvalue weighted by atomic mass is 32.1. The molecule has 0 saturated heterocycles. The monoisotopic (exact) mass is 409 g/mol. The first-order chi connectivity index (χ1) is 14.0. The second-order valence-corrected chi connectivity index (χ2v) is 7.59. The lowest BCUT2D eigenvalue weighted by atomic mass is 10.1. The van der Waals surface area contributed by atoms with E-state index in [9.17, 15) is 14.7 Å². The number of aryl methyl sites for hydroxylation is 1. The van der Waals surface area contributed by atoms with Crippen LogP contribution in [0.1, 0.15) is 17.5 Å². The maximum absolute atomic E-state index is 12.3. The average Bonchev–Trinajstić information content (AvgIpc) is 3.16. The number of anilines is 1. The summed E-state index contributed by atoms with van der Waals surface area (Å²) < 4.78 is 0. The van der Waals surface area contributed by atoms with Crippen molar-refractivity contribution in [2.24, 2.45) is 0 Å². The van der Waals surface area contributed by atoms with Gasteiger partial charge in [-0.3, -0.25) is 9.59 Å². The Morgan fingerprint density at radius 1 is 1.10 bits per heavy atom. The maximum atomic E-state index is 12.3. The number of hydrogen-bond donors (Lipinski definition) is 3. The highest BCUT2D eigenvalue weighted by Crippen LogP contribution is 2.25. The van der Waals surface area contributed by atoms with E-state index in [2.05, 4.69) is 15.6 Å². The van der Waals surface area contributed by atoms with Gasteiger partial charge in [0.15, 0.2) is 5.13 Å². The number of amides is 1. The zero-order valence-corrected chi connectivity index (χ0v) is 16.9. The number of carboxylic acid groups (broad SMARTS) is 1. The Morgan fingerprint density at radius 2 is 1.83 bits per heavy atom. The SMILES string of the molecule is Cc1ccc(-c2csc(NC(=O)CC(NCCc3ccccc3)C(=O)O)n2)cc1. The van der Waals surface area contributed by atoms with Crippen molar-refractivity contribution in [1.82, 2.24) is 10.3 Å². The van der Waals surface area contributed by atoms with Crippen LogP contribution in [-0.4, -0.2) is 34.6 Å². The van der Waals surface area contributed by atoms with Crippen LogP contribution in [0.3, 0.4) is 0 Å². The van der Waals surface area contributed by atoms with Gasteiger partial charge in [-0.2, -0.15) is 0 Å². The molecule has 0 fully saturated rings. The number of rotatable bonds is 9. The summed E-state index contributed by atoms with van der Waals surface area (Å²) in [7, 11) is 0. The largest absolute Gasteiger partial charge is 0.480 e. The average molecular weight is 410 g/mol. The van der Waals surface area contributed by atoms with Crippen LogP contribution in [0.25, 0.3) is 11.3 Å². The van der Waals surface area contributed by atoms with Gasteiger partial charge in [0, 0.05) is 10.9 Å². The molecule has 3 aromatic rings. The topological polar surface area (TPSA) is 91.3 Å². The Bertz CT molecular complexity index is 955. The zero-order chi connectivity index (χ0) is 20.6. The molecule has 2 aromatic carbocycles. The van der Waals surface area contributed by atoms with E-state index in [1.165, 1.54) is 11.3 Å². The number of carboxylic acids is 1. The fraction of sp³-hybridized carbons (Fsp3) is 0.227. The predicted molar refractivity (Wildman–Crippen MR) is 115 cm³/mol. The highest BCUT2D eigenvalue weighted by molar-refractivity contribution is 7.14. The molecule has 0 saturated carbocycles. The van der Waals surface area contributed by atoms with Crippen molar-refractivity contribution in [3.05, 3.63) is 71.1 Å². The second kappa shape index (κ2) is 9.95. The molecule has 0 radical (unpaired) electrons. The number of benzene rings is 2. The lowest BCUT2D eigenvalue weighted by Gasteiger charge is -2.13. The van der Waals surface area contributed by atoms with Crippen molar-refractivity contribution >= 4 is 28.3 Å². The minimum Gasteiger partial charge on any atom is -0.480 e. The number of carbonyl (C=O) groups excluding carboxylic acids is 1. The van der Waals surface area contributed by atoms with E-state index < -0.39 is 12.0 Å². The van der Waals surface area contributed by atoms with Crippen LogP contribution in [-0.2, 0) is 16.0 Å². The summed E-state index contributed by atoms with van der Waals surface area (Å²) in [6.45, 7) is 2.49. The van der Waals surface area contributed by atoms with Crippen LogP contribution in [0.15, 0.2) is 60.0 Å². The van der Waals surface area contributed by atoms with E-state index in [1.807, 2.05) is 66.9 Å². The van der Waals surface area contributed by atoms with Crippen LogP contribution in [0, 0.1) is 6.92 Å².